The standard InChI is InChI=1S/C41H71Br4N9O11.CH4/c1-2-64-25-26-65-41(63)54(23-21-48-33(55)15-5-3-9-19-50-39(61)31(52-37(59)29-44)13-7-11-17-46-35(57)27-42)24-22-49-34(56)16-6-4-10-20-51-40(62)32(53-38(60)30-45)14-8-12-18-47-36(58)28-43;/h31-32H,2-30H2,1H3,(H,46,57)(H,47,58)(H,48,55)(H,49,56)(H,50,61)(H,51,62)(H,52,59)(H,53,60);1H4. The second-order valence-electron chi connectivity index (χ2n) is 14.7. The third-order valence-corrected chi connectivity index (χ3v) is 11.4. The molecule has 0 fully saturated rings. The third-order valence-electron chi connectivity index (χ3n) is 9.36. The molecule has 66 heavy (non-hydrogen) atoms. The normalized spacial score (nSPS) is 11.4. The van der Waals surface area contributed by atoms with Crippen molar-refractivity contribution in [3.05, 3.63) is 0 Å². The average molecular weight is 1200 g/mol. The van der Waals surface area contributed by atoms with E-state index in [2.05, 4.69) is 106 Å². The lowest BCUT2D eigenvalue weighted by Gasteiger charge is -2.22. The minimum Gasteiger partial charge on any atom is -0.447 e. The van der Waals surface area contributed by atoms with Gasteiger partial charge in [-0.25, -0.2) is 4.79 Å². The third kappa shape index (κ3) is 37.0. The fourth-order valence-electron chi connectivity index (χ4n) is 5.90. The zero-order valence-corrected chi connectivity index (χ0v) is 44.0. The summed E-state index contributed by atoms with van der Waals surface area (Å²) in [5, 5.41) is 22.8. The van der Waals surface area contributed by atoms with Crippen LogP contribution >= 0.6 is 63.7 Å². The summed E-state index contributed by atoms with van der Waals surface area (Å²) in [6.45, 7) is 4.96. The Morgan fingerprint density at radius 1 is 0.455 bits per heavy atom. The largest absolute Gasteiger partial charge is 0.447 e. The maximum Gasteiger partial charge on any atom is 0.409 e. The number of nitrogens with zero attached hydrogens (tertiary/aromatic N) is 1. The topological polar surface area (TPSA) is 272 Å². The summed E-state index contributed by atoms with van der Waals surface area (Å²) in [4.78, 5) is 112. The quantitative estimate of drug-likeness (QED) is 0.0327. The number of rotatable bonds is 40. The van der Waals surface area contributed by atoms with Crippen LogP contribution in [0, 0.1) is 0 Å². The first-order valence-corrected chi connectivity index (χ1v) is 26.7. The Morgan fingerprint density at radius 2 is 0.833 bits per heavy atom. The minimum absolute atomic E-state index is 0. The molecule has 8 N–H and O–H groups in total. The first kappa shape index (κ1) is 65.0. The van der Waals surface area contributed by atoms with Gasteiger partial charge in [-0.1, -0.05) is 84.0 Å². The Morgan fingerprint density at radius 3 is 1.23 bits per heavy atom. The maximum absolute atomic E-state index is 12.8. The maximum atomic E-state index is 12.8. The second-order valence-corrected chi connectivity index (χ2v) is 16.9. The molecule has 0 aliphatic heterocycles. The van der Waals surface area contributed by atoms with Crippen molar-refractivity contribution in [1.29, 1.82) is 0 Å². The van der Waals surface area contributed by atoms with Crippen molar-refractivity contribution in [2.45, 2.75) is 116 Å². The van der Waals surface area contributed by atoms with Gasteiger partial charge in [0.1, 0.15) is 18.7 Å². The van der Waals surface area contributed by atoms with E-state index in [1.54, 1.807) is 0 Å². The summed E-state index contributed by atoms with van der Waals surface area (Å²) < 4.78 is 10.6. The molecule has 0 aliphatic rings. The summed E-state index contributed by atoms with van der Waals surface area (Å²) in [7, 11) is 0. The molecule has 9 amide bonds. The van der Waals surface area contributed by atoms with Gasteiger partial charge in [-0.15, -0.1) is 0 Å². The van der Waals surface area contributed by atoms with E-state index < -0.39 is 18.2 Å². The van der Waals surface area contributed by atoms with Crippen LogP contribution in [-0.4, -0.2) is 164 Å². The molecule has 2 atom stereocenters. The highest BCUT2D eigenvalue weighted by Crippen LogP contribution is 2.06. The molecule has 382 valence electrons. The zero-order chi connectivity index (χ0) is 48.5. The predicted molar refractivity (Wildman–Crippen MR) is 268 cm³/mol. The van der Waals surface area contributed by atoms with Crippen LogP contribution < -0.4 is 42.5 Å². The number of hydrogen-bond donors (Lipinski definition) is 8. The highest BCUT2D eigenvalue weighted by Gasteiger charge is 2.21. The highest BCUT2D eigenvalue weighted by atomic mass is 79.9. The number of nitrogens with one attached hydrogen (secondary N) is 8. The molecular weight excluding hydrogens is 1130 g/mol. The van der Waals surface area contributed by atoms with E-state index in [1.807, 2.05) is 6.92 Å². The van der Waals surface area contributed by atoms with Gasteiger partial charge in [0.2, 0.25) is 47.3 Å². The second kappa shape index (κ2) is 44.4. The van der Waals surface area contributed by atoms with Crippen LogP contribution in [0.4, 0.5) is 4.79 Å². The number of amides is 9. The lowest BCUT2D eigenvalue weighted by atomic mass is 10.1. The number of carbonyl (C=O) groups excluding carboxylic acids is 9. The van der Waals surface area contributed by atoms with E-state index in [9.17, 15) is 43.2 Å². The SMILES string of the molecule is C.CCOCCOC(=O)N(CCNC(=O)CCCCCNC(=O)C(CCCCNC(=O)CBr)NC(=O)CBr)CCNC(=O)CCCCCNC(=O)C(CCCCNC(=O)CBr)NC(=O)CBr. The van der Waals surface area contributed by atoms with Gasteiger partial charge < -0.3 is 56.9 Å². The van der Waals surface area contributed by atoms with Gasteiger partial charge in [0.15, 0.2) is 0 Å². The van der Waals surface area contributed by atoms with E-state index in [4.69, 9.17) is 9.47 Å². The molecule has 0 aliphatic carbocycles. The van der Waals surface area contributed by atoms with Crippen molar-refractivity contribution in [1.82, 2.24) is 47.4 Å². The van der Waals surface area contributed by atoms with E-state index in [0.717, 1.165) is 0 Å². The van der Waals surface area contributed by atoms with Gasteiger partial charge >= 0.3 is 6.09 Å². The van der Waals surface area contributed by atoms with Gasteiger partial charge in [0, 0.05) is 71.8 Å². The monoisotopic (exact) mass is 1200 g/mol. The summed E-state index contributed by atoms with van der Waals surface area (Å²) in [5.41, 5.74) is 0. The van der Waals surface area contributed by atoms with Crippen molar-refractivity contribution in [3.63, 3.8) is 0 Å². The number of hydrogen-bond acceptors (Lipinski definition) is 11. The van der Waals surface area contributed by atoms with E-state index in [0.29, 0.717) is 110 Å². The van der Waals surface area contributed by atoms with E-state index in [1.165, 1.54) is 4.90 Å². The van der Waals surface area contributed by atoms with Gasteiger partial charge in [-0.05, 0) is 71.1 Å². The number of halogens is 4. The number of alkyl halides is 4. The molecule has 0 heterocycles. The molecule has 0 spiro atoms. The Bertz CT molecular complexity index is 1330. The van der Waals surface area contributed by atoms with Gasteiger partial charge in [-0.2, -0.15) is 0 Å². The van der Waals surface area contributed by atoms with Crippen LogP contribution in [-0.2, 0) is 47.8 Å². The molecule has 0 bridgehead atoms. The Balaban J connectivity index is 0. The molecule has 0 saturated heterocycles. The molecule has 24 heteroatoms. The van der Waals surface area contributed by atoms with Crippen molar-refractivity contribution < 1.29 is 52.6 Å². The zero-order valence-electron chi connectivity index (χ0n) is 37.6. The van der Waals surface area contributed by atoms with Crippen LogP contribution in [0.15, 0.2) is 0 Å². The van der Waals surface area contributed by atoms with Crippen LogP contribution in [0.3, 0.4) is 0 Å². The Kier molecular flexibility index (Phi) is 43.7. The summed E-state index contributed by atoms with van der Waals surface area (Å²) >= 11 is 12.4. The molecule has 0 rings (SSSR count). The smallest absolute Gasteiger partial charge is 0.409 e. The van der Waals surface area contributed by atoms with Gasteiger partial charge in [0.05, 0.1) is 27.9 Å². The number of carbonyl (C=O) groups is 9. The van der Waals surface area contributed by atoms with Crippen molar-refractivity contribution in [2.75, 3.05) is 93.5 Å². The van der Waals surface area contributed by atoms with Crippen LogP contribution in [0.5, 0.6) is 0 Å². The van der Waals surface area contributed by atoms with E-state index >= 15 is 0 Å². The first-order chi connectivity index (χ1) is 31.3. The summed E-state index contributed by atoms with van der Waals surface area (Å²) in [6, 6.07) is -1.39. The number of ether oxygens (including phenoxy) is 2. The Labute approximate surface area is 424 Å². The average Bonchev–Trinajstić information content (AvgIpc) is 3.30. The van der Waals surface area contributed by atoms with Gasteiger partial charge in [0.25, 0.3) is 0 Å². The van der Waals surface area contributed by atoms with Crippen LogP contribution in [0.2, 0.25) is 0 Å². The molecule has 0 aromatic rings. The molecule has 0 saturated carbocycles. The molecular formula is C42H75Br4N9O11. The minimum atomic E-state index is -0.697. The molecule has 2 unspecified atom stereocenters. The van der Waals surface area contributed by atoms with Crippen molar-refractivity contribution in [3.8, 4) is 0 Å². The van der Waals surface area contributed by atoms with Crippen LogP contribution in [0.1, 0.15) is 104 Å². The Hall–Kier alpha value is -3.09. The molecule has 0 aromatic carbocycles. The molecule has 0 aromatic heterocycles. The molecule has 20 nitrogen and oxygen atoms in total. The van der Waals surface area contributed by atoms with Crippen LogP contribution in [0.25, 0.3) is 0 Å². The van der Waals surface area contributed by atoms with E-state index in [-0.39, 0.29) is 128 Å². The first-order valence-electron chi connectivity index (χ1n) is 22.3. The van der Waals surface area contributed by atoms with Crippen molar-refractivity contribution in [2.24, 2.45) is 0 Å². The summed E-state index contributed by atoms with van der Waals surface area (Å²) in [5.74, 6) is -1.81. The lowest BCUT2D eigenvalue weighted by molar-refractivity contribution is -0.128. The molecule has 0 radical (unpaired) electrons. The van der Waals surface area contributed by atoms with Gasteiger partial charge in [-0.3, -0.25) is 38.4 Å². The fraction of sp³-hybridized carbons (Fsp3) is 0.786. The fourth-order valence-corrected chi connectivity index (χ4v) is 6.62. The van der Waals surface area contributed by atoms with Crippen molar-refractivity contribution >= 4 is 117 Å². The highest BCUT2D eigenvalue weighted by molar-refractivity contribution is 9.10. The summed E-state index contributed by atoms with van der Waals surface area (Å²) in [6.07, 6.45) is 7.10. The predicted octanol–water partition coefficient (Wildman–Crippen LogP) is 2.81. The lowest BCUT2D eigenvalue weighted by Crippen LogP contribution is -2.47. The number of unbranched alkanes of at least 4 members (excludes halogenated alkanes) is 6.